The van der Waals surface area contributed by atoms with Gasteiger partial charge in [0.15, 0.2) is 0 Å². The van der Waals surface area contributed by atoms with Crippen molar-refractivity contribution in [1.29, 1.82) is 0 Å². The van der Waals surface area contributed by atoms with Crippen molar-refractivity contribution < 1.29 is 27.2 Å². The van der Waals surface area contributed by atoms with Gasteiger partial charge in [0.25, 0.3) is 0 Å². The SMILES string of the molecule is CCCCOP(=O)(OCCCC)C(CCC)c1cc(F)cc2c1-c1ccc(F)cc1C2C(=O)NCCC. The highest BCUT2D eigenvalue weighted by Crippen LogP contribution is 2.65. The molecule has 0 fully saturated rings. The summed E-state index contributed by atoms with van der Waals surface area (Å²) in [6.45, 7) is 8.98. The standard InChI is InChI=1S/C29H40F2NO4P/c1-5-9-15-35-37(34,36-16-10-6-2)26(11-7-3)24-18-21(31)19-25-27(24)22-13-12-20(30)17-23(22)28(25)29(33)32-14-8-4/h12-13,17-19,26,28H,5-11,14-16H2,1-4H3,(H,32,33). The number of carbonyl (C=O) groups is 1. The van der Waals surface area contributed by atoms with Gasteiger partial charge in [0.2, 0.25) is 5.91 Å². The number of carbonyl (C=O) groups excluding carboxylic acids is 1. The fourth-order valence-electron chi connectivity index (χ4n) is 4.90. The van der Waals surface area contributed by atoms with Crippen molar-refractivity contribution in [2.24, 2.45) is 0 Å². The van der Waals surface area contributed by atoms with Gasteiger partial charge in [0.05, 0.1) is 24.8 Å². The zero-order valence-electron chi connectivity index (χ0n) is 22.4. The molecule has 5 nitrogen and oxygen atoms in total. The van der Waals surface area contributed by atoms with Crippen molar-refractivity contribution in [3.63, 3.8) is 0 Å². The fraction of sp³-hybridized carbons (Fsp3) is 0.552. The van der Waals surface area contributed by atoms with E-state index in [0.29, 0.717) is 47.2 Å². The molecule has 1 amide bonds. The molecule has 1 aliphatic rings. The second-order valence-corrected chi connectivity index (χ2v) is 11.9. The Bertz CT molecular complexity index is 1110. The van der Waals surface area contributed by atoms with E-state index < -0.39 is 30.8 Å². The summed E-state index contributed by atoms with van der Waals surface area (Å²) in [5, 5.41) is 2.88. The predicted octanol–water partition coefficient (Wildman–Crippen LogP) is 8.27. The van der Waals surface area contributed by atoms with Gasteiger partial charge in [-0.05, 0) is 77.8 Å². The lowest BCUT2D eigenvalue weighted by Crippen LogP contribution is -2.29. The van der Waals surface area contributed by atoms with E-state index in [0.717, 1.165) is 32.1 Å². The summed E-state index contributed by atoms with van der Waals surface area (Å²) in [6, 6.07) is 7.04. The number of hydrogen-bond donors (Lipinski definition) is 1. The Labute approximate surface area is 219 Å². The fourth-order valence-corrected chi connectivity index (χ4v) is 7.22. The van der Waals surface area contributed by atoms with E-state index in [2.05, 4.69) is 5.32 Å². The van der Waals surface area contributed by atoms with Gasteiger partial charge < -0.3 is 14.4 Å². The van der Waals surface area contributed by atoms with Gasteiger partial charge in [-0.15, -0.1) is 0 Å². The summed E-state index contributed by atoms with van der Waals surface area (Å²) in [7, 11) is -3.70. The first kappa shape index (κ1) is 29.5. The molecule has 0 bridgehead atoms. The van der Waals surface area contributed by atoms with Gasteiger partial charge in [-0.25, -0.2) is 8.78 Å². The molecule has 0 heterocycles. The number of halogens is 2. The number of fused-ring (bicyclic) bond motifs is 3. The molecule has 2 unspecified atom stereocenters. The van der Waals surface area contributed by atoms with Crippen LogP contribution in [0.1, 0.15) is 101 Å². The van der Waals surface area contributed by atoms with Gasteiger partial charge in [-0.2, -0.15) is 0 Å². The van der Waals surface area contributed by atoms with Crippen molar-refractivity contribution in [3.8, 4) is 11.1 Å². The van der Waals surface area contributed by atoms with Crippen LogP contribution < -0.4 is 5.32 Å². The predicted molar refractivity (Wildman–Crippen MR) is 144 cm³/mol. The van der Waals surface area contributed by atoms with Crippen molar-refractivity contribution in [2.45, 2.75) is 84.2 Å². The number of rotatable bonds is 15. The van der Waals surface area contributed by atoms with Crippen molar-refractivity contribution in [2.75, 3.05) is 19.8 Å². The number of nitrogens with one attached hydrogen (secondary N) is 1. The van der Waals surface area contributed by atoms with Gasteiger partial charge in [0, 0.05) is 6.54 Å². The third kappa shape index (κ3) is 6.68. The molecule has 1 aliphatic carbocycles. The molecule has 37 heavy (non-hydrogen) atoms. The summed E-state index contributed by atoms with van der Waals surface area (Å²) >= 11 is 0. The molecule has 204 valence electrons. The molecule has 2 aromatic rings. The highest BCUT2D eigenvalue weighted by molar-refractivity contribution is 7.54. The Morgan fingerprint density at radius 2 is 1.57 bits per heavy atom. The zero-order valence-corrected chi connectivity index (χ0v) is 23.3. The van der Waals surface area contributed by atoms with Crippen LogP contribution in [-0.4, -0.2) is 25.7 Å². The molecule has 0 spiro atoms. The van der Waals surface area contributed by atoms with Crippen molar-refractivity contribution >= 4 is 13.5 Å². The van der Waals surface area contributed by atoms with E-state index in [1.165, 1.54) is 24.3 Å². The Kier molecular flexibility index (Phi) is 10.9. The first-order chi connectivity index (χ1) is 17.8. The van der Waals surface area contributed by atoms with Crippen molar-refractivity contribution in [1.82, 2.24) is 5.32 Å². The van der Waals surface area contributed by atoms with Crippen LogP contribution in [-0.2, 0) is 18.4 Å². The van der Waals surface area contributed by atoms with Crippen LogP contribution in [0.2, 0.25) is 0 Å². The van der Waals surface area contributed by atoms with Crippen LogP contribution in [0.25, 0.3) is 11.1 Å². The van der Waals surface area contributed by atoms with Gasteiger partial charge in [0.1, 0.15) is 11.6 Å². The van der Waals surface area contributed by atoms with E-state index in [9.17, 15) is 13.8 Å². The molecule has 0 aliphatic heterocycles. The smallest absolute Gasteiger partial charge is 0.338 e. The Morgan fingerprint density at radius 1 is 0.919 bits per heavy atom. The quantitative estimate of drug-likeness (QED) is 0.184. The van der Waals surface area contributed by atoms with Gasteiger partial charge in [-0.3, -0.25) is 9.36 Å². The molecule has 0 aromatic heterocycles. The van der Waals surface area contributed by atoms with E-state index in [1.807, 2.05) is 27.7 Å². The van der Waals surface area contributed by atoms with E-state index in [1.54, 1.807) is 6.07 Å². The molecule has 0 saturated heterocycles. The molecule has 8 heteroatoms. The third-order valence-corrected chi connectivity index (χ3v) is 9.11. The summed E-state index contributed by atoms with van der Waals surface area (Å²) in [5.74, 6) is -2.17. The summed E-state index contributed by atoms with van der Waals surface area (Å²) in [5.41, 5.74) is 2.00. The molecule has 3 rings (SSSR count). The van der Waals surface area contributed by atoms with Gasteiger partial charge >= 0.3 is 7.60 Å². The minimum atomic E-state index is -3.70. The topological polar surface area (TPSA) is 64.6 Å². The van der Waals surface area contributed by atoms with Crippen LogP contribution in [0.5, 0.6) is 0 Å². The normalized spacial score (nSPS) is 15.4. The van der Waals surface area contributed by atoms with Crippen LogP contribution >= 0.6 is 7.60 Å². The largest absolute Gasteiger partial charge is 0.355 e. The van der Waals surface area contributed by atoms with Crippen molar-refractivity contribution in [3.05, 3.63) is 58.7 Å². The second-order valence-electron chi connectivity index (χ2n) is 9.63. The lowest BCUT2D eigenvalue weighted by Gasteiger charge is -2.29. The maximum Gasteiger partial charge on any atom is 0.338 e. The first-order valence-electron chi connectivity index (χ1n) is 13.6. The van der Waals surface area contributed by atoms with Gasteiger partial charge in [-0.1, -0.05) is 53.0 Å². The Morgan fingerprint density at radius 3 is 2.16 bits per heavy atom. The van der Waals surface area contributed by atoms with Crippen LogP contribution in [0, 0.1) is 11.6 Å². The van der Waals surface area contributed by atoms with E-state index in [4.69, 9.17) is 9.05 Å². The molecule has 2 atom stereocenters. The van der Waals surface area contributed by atoms with Crippen LogP contribution in [0.3, 0.4) is 0 Å². The maximum atomic E-state index is 15.2. The second kappa shape index (κ2) is 13.6. The summed E-state index contributed by atoms with van der Waals surface area (Å²) in [6.07, 6.45) is 5.06. The highest BCUT2D eigenvalue weighted by atomic mass is 31.2. The molecular formula is C29H40F2NO4P. The Balaban J connectivity index is 2.21. The molecular weight excluding hydrogens is 495 g/mol. The lowest BCUT2D eigenvalue weighted by molar-refractivity contribution is -0.121. The minimum absolute atomic E-state index is 0.279. The summed E-state index contributed by atoms with van der Waals surface area (Å²) in [4.78, 5) is 13.2. The average Bonchev–Trinajstić information content (AvgIpc) is 3.18. The number of hydrogen-bond acceptors (Lipinski definition) is 4. The van der Waals surface area contributed by atoms with Crippen LogP contribution in [0.4, 0.5) is 8.78 Å². The average molecular weight is 536 g/mol. The first-order valence-corrected chi connectivity index (χ1v) is 15.2. The number of amides is 1. The van der Waals surface area contributed by atoms with E-state index >= 15 is 4.39 Å². The maximum absolute atomic E-state index is 15.2. The van der Waals surface area contributed by atoms with E-state index in [-0.39, 0.29) is 19.1 Å². The number of unbranched alkanes of at least 4 members (excludes halogenated alkanes) is 2. The van der Waals surface area contributed by atoms with Crippen LogP contribution in [0.15, 0.2) is 30.3 Å². The third-order valence-electron chi connectivity index (χ3n) is 6.72. The highest BCUT2D eigenvalue weighted by Gasteiger charge is 2.43. The number of benzene rings is 2. The minimum Gasteiger partial charge on any atom is -0.355 e. The lowest BCUT2D eigenvalue weighted by atomic mass is 9.93. The molecule has 1 N–H and O–H groups in total. The molecule has 0 saturated carbocycles. The monoisotopic (exact) mass is 535 g/mol. The molecule has 0 radical (unpaired) electrons. The zero-order chi connectivity index (χ0) is 27.0. The Hall–Kier alpha value is -2.08. The molecule has 2 aromatic carbocycles. The summed E-state index contributed by atoms with van der Waals surface area (Å²) < 4.78 is 56.0.